The van der Waals surface area contributed by atoms with Gasteiger partial charge in [-0.1, -0.05) is 39.8 Å². The monoisotopic (exact) mass is 464 g/mol. The Morgan fingerprint density at radius 3 is 2.68 bits per heavy atom. The molecular weight excluding hydrogens is 447 g/mol. The number of nitrogens with zero attached hydrogens (tertiary/aromatic N) is 3. The van der Waals surface area contributed by atoms with Crippen molar-refractivity contribution in [2.75, 3.05) is 11.1 Å². The Bertz CT molecular complexity index is 965. The minimum Gasteiger partial charge on any atom is -0.483 e. The number of hydrogen-bond donors (Lipinski definition) is 1. The lowest BCUT2D eigenvalue weighted by molar-refractivity contribution is -0.113. The lowest BCUT2D eigenvalue weighted by Crippen LogP contribution is -2.15. The van der Waals surface area contributed by atoms with E-state index in [1.165, 1.54) is 23.9 Å². The third-order valence-electron chi connectivity index (χ3n) is 3.84. The highest BCUT2D eigenvalue weighted by Crippen LogP contribution is 2.25. The SMILES string of the molecule is CC(Oc1ccc(Br)cc1)c1nnc(SCC(=O)Nc2ccccc2F)n1C. The van der Waals surface area contributed by atoms with Gasteiger partial charge < -0.3 is 14.6 Å². The van der Waals surface area contributed by atoms with Crippen molar-refractivity contribution in [2.45, 2.75) is 18.2 Å². The number of carbonyl (C=O) groups excluding carboxylic acids is 1. The van der Waals surface area contributed by atoms with Gasteiger partial charge in [-0.15, -0.1) is 10.2 Å². The zero-order chi connectivity index (χ0) is 20.1. The van der Waals surface area contributed by atoms with Crippen LogP contribution < -0.4 is 10.1 Å². The third kappa shape index (κ3) is 5.11. The first kappa shape index (κ1) is 20.3. The highest BCUT2D eigenvalue weighted by atomic mass is 79.9. The summed E-state index contributed by atoms with van der Waals surface area (Å²) in [5, 5.41) is 11.4. The molecule has 2 aromatic carbocycles. The smallest absolute Gasteiger partial charge is 0.234 e. The van der Waals surface area contributed by atoms with E-state index in [-0.39, 0.29) is 23.5 Å². The van der Waals surface area contributed by atoms with Crippen LogP contribution in [-0.2, 0) is 11.8 Å². The normalized spacial score (nSPS) is 11.9. The standard InChI is InChI=1S/C19H18BrFN4O2S/c1-12(27-14-9-7-13(20)8-10-14)18-23-24-19(25(18)2)28-11-17(26)22-16-6-4-3-5-15(16)21/h3-10,12H,11H2,1-2H3,(H,22,26). The van der Waals surface area contributed by atoms with Gasteiger partial charge in [-0.3, -0.25) is 4.79 Å². The number of amides is 1. The number of halogens is 2. The lowest BCUT2D eigenvalue weighted by atomic mass is 10.3. The van der Waals surface area contributed by atoms with Crippen molar-refractivity contribution >= 4 is 39.3 Å². The van der Waals surface area contributed by atoms with Crippen LogP contribution in [0.15, 0.2) is 58.2 Å². The summed E-state index contributed by atoms with van der Waals surface area (Å²) in [7, 11) is 1.81. The fourth-order valence-corrected chi connectivity index (χ4v) is 3.44. The molecule has 0 saturated carbocycles. The number of ether oxygens (including phenoxy) is 1. The van der Waals surface area contributed by atoms with Gasteiger partial charge in [-0.05, 0) is 43.3 Å². The van der Waals surface area contributed by atoms with E-state index in [1.807, 2.05) is 38.2 Å². The quantitative estimate of drug-likeness (QED) is 0.517. The zero-order valence-corrected chi connectivity index (χ0v) is 17.6. The highest BCUT2D eigenvalue weighted by Gasteiger charge is 2.18. The number of anilines is 1. The van der Waals surface area contributed by atoms with Gasteiger partial charge in [0.15, 0.2) is 17.1 Å². The molecule has 0 fully saturated rings. The first-order valence-electron chi connectivity index (χ1n) is 8.42. The molecule has 1 aromatic heterocycles. The summed E-state index contributed by atoms with van der Waals surface area (Å²) in [5.41, 5.74) is 0.156. The van der Waals surface area contributed by atoms with Crippen molar-refractivity contribution in [1.82, 2.24) is 14.8 Å². The fourth-order valence-electron chi connectivity index (χ4n) is 2.45. The molecule has 9 heteroatoms. The third-order valence-corrected chi connectivity index (χ3v) is 5.39. The number of rotatable bonds is 7. The summed E-state index contributed by atoms with van der Waals surface area (Å²) in [6, 6.07) is 13.6. The summed E-state index contributed by atoms with van der Waals surface area (Å²) in [4.78, 5) is 12.1. The van der Waals surface area contributed by atoms with E-state index < -0.39 is 5.82 Å². The second kappa shape index (κ2) is 9.20. The Labute approximate surface area is 174 Å². The molecule has 0 bridgehead atoms. The number of benzene rings is 2. The van der Waals surface area contributed by atoms with Crippen LogP contribution in [0, 0.1) is 5.82 Å². The van der Waals surface area contributed by atoms with E-state index in [9.17, 15) is 9.18 Å². The minimum absolute atomic E-state index is 0.0856. The molecule has 0 aliphatic rings. The van der Waals surface area contributed by atoms with E-state index in [1.54, 1.807) is 16.7 Å². The summed E-state index contributed by atoms with van der Waals surface area (Å²) < 4.78 is 22.3. The van der Waals surface area contributed by atoms with Gasteiger partial charge in [0.1, 0.15) is 11.6 Å². The summed E-state index contributed by atoms with van der Waals surface area (Å²) in [6.07, 6.45) is -0.319. The number of nitrogens with one attached hydrogen (secondary N) is 1. The van der Waals surface area contributed by atoms with Gasteiger partial charge in [0.25, 0.3) is 0 Å². The van der Waals surface area contributed by atoms with Crippen LogP contribution in [0.25, 0.3) is 0 Å². The number of hydrogen-bond acceptors (Lipinski definition) is 5. The van der Waals surface area contributed by atoms with Gasteiger partial charge in [0, 0.05) is 11.5 Å². The summed E-state index contributed by atoms with van der Waals surface area (Å²) in [5.74, 6) is 0.652. The van der Waals surface area contributed by atoms with Crippen LogP contribution >= 0.6 is 27.7 Å². The molecule has 3 rings (SSSR count). The Balaban J connectivity index is 1.58. The van der Waals surface area contributed by atoms with Crippen LogP contribution in [0.4, 0.5) is 10.1 Å². The fraction of sp³-hybridized carbons (Fsp3) is 0.211. The van der Waals surface area contributed by atoms with Crippen LogP contribution in [0.2, 0.25) is 0 Å². The largest absolute Gasteiger partial charge is 0.483 e. The van der Waals surface area contributed by atoms with E-state index >= 15 is 0 Å². The molecule has 0 radical (unpaired) electrons. The molecule has 1 amide bonds. The Morgan fingerprint density at radius 2 is 1.96 bits per heavy atom. The van der Waals surface area contributed by atoms with Crippen molar-refractivity contribution in [3.05, 3.63) is 64.6 Å². The Morgan fingerprint density at radius 1 is 1.25 bits per heavy atom. The van der Waals surface area contributed by atoms with Crippen molar-refractivity contribution < 1.29 is 13.9 Å². The maximum Gasteiger partial charge on any atom is 0.234 e. The van der Waals surface area contributed by atoms with E-state index in [0.29, 0.717) is 11.0 Å². The molecular formula is C19H18BrFN4O2S. The molecule has 0 spiro atoms. The molecule has 0 saturated heterocycles. The van der Waals surface area contributed by atoms with Crippen LogP contribution in [0.3, 0.4) is 0 Å². The zero-order valence-electron chi connectivity index (χ0n) is 15.2. The molecule has 146 valence electrons. The van der Waals surface area contributed by atoms with Crippen molar-refractivity contribution in [3.8, 4) is 5.75 Å². The number of thioether (sulfide) groups is 1. The molecule has 6 nitrogen and oxygen atoms in total. The van der Waals surface area contributed by atoms with E-state index in [2.05, 4.69) is 31.4 Å². The Kier molecular flexibility index (Phi) is 6.69. The first-order chi connectivity index (χ1) is 13.4. The van der Waals surface area contributed by atoms with E-state index in [4.69, 9.17) is 4.74 Å². The molecule has 0 aliphatic heterocycles. The average molecular weight is 465 g/mol. The van der Waals surface area contributed by atoms with Crippen LogP contribution in [0.5, 0.6) is 5.75 Å². The summed E-state index contributed by atoms with van der Waals surface area (Å²) in [6.45, 7) is 1.88. The maximum atomic E-state index is 13.6. The second-order valence-electron chi connectivity index (χ2n) is 5.93. The Hall–Kier alpha value is -2.39. The predicted octanol–water partition coefficient (Wildman–Crippen LogP) is 4.59. The molecule has 1 unspecified atom stereocenters. The first-order valence-corrected chi connectivity index (χ1v) is 10.2. The molecule has 3 aromatic rings. The maximum absolute atomic E-state index is 13.6. The summed E-state index contributed by atoms with van der Waals surface area (Å²) >= 11 is 4.61. The lowest BCUT2D eigenvalue weighted by Gasteiger charge is -2.14. The van der Waals surface area contributed by atoms with Crippen molar-refractivity contribution in [2.24, 2.45) is 7.05 Å². The molecule has 1 atom stereocenters. The van der Waals surface area contributed by atoms with Gasteiger partial charge >= 0.3 is 0 Å². The van der Waals surface area contributed by atoms with Gasteiger partial charge in [-0.25, -0.2) is 4.39 Å². The molecule has 1 heterocycles. The van der Waals surface area contributed by atoms with E-state index in [0.717, 1.165) is 10.2 Å². The molecule has 28 heavy (non-hydrogen) atoms. The second-order valence-corrected chi connectivity index (χ2v) is 7.79. The highest BCUT2D eigenvalue weighted by molar-refractivity contribution is 9.10. The van der Waals surface area contributed by atoms with Crippen molar-refractivity contribution in [3.63, 3.8) is 0 Å². The number of aromatic nitrogens is 3. The van der Waals surface area contributed by atoms with Gasteiger partial charge in [-0.2, -0.15) is 0 Å². The number of carbonyl (C=O) groups is 1. The van der Waals surface area contributed by atoms with Crippen LogP contribution in [-0.4, -0.2) is 26.4 Å². The number of para-hydroxylation sites is 1. The van der Waals surface area contributed by atoms with Crippen LogP contribution in [0.1, 0.15) is 18.9 Å². The molecule has 1 N–H and O–H groups in total. The van der Waals surface area contributed by atoms with Crippen molar-refractivity contribution in [1.29, 1.82) is 0 Å². The van der Waals surface area contributed by atoms with Gasteiger partial charge in [0.05, 0.1) is 11.4 Å². The van der Waals surface area contributed by atoms with Gasteiger partial charge in [0.2, 0.25) is 5.91 Å². The average Bonchev–Trinajstić information content (AvgIpc) is 3.04. The topological polar surface area (TPSA) is 69.0 Å². The predicted molar refractivity (Wildman–Crippen MR) is 110 cm³/mol. The molecule has 0 aliphatic carbocycles. The minimum atomic E-state index is -0.472.